The summed E-state index contributed by atoms with van der Waals surface area (Å²) in [6.45, 7) is 1.84. The third-order valence-corrected chi connectivity index (χ3v) is 4.72. The molecule has 0 spiro atoms. The number of hydrogen-bond acceptors (Lipinski definition) is 4. The molecule has 4 rings (SSSR count). The molecule has 3 aromatic rings. The first-order chi connectivity index (χ1) is 13.1. The number of thiocarbonyl (C=S) groups is 1. The van der Waals surface area contributed by atoms with Crippen LogP contribution >= 0.6 is 12.2 Å². The number of amides is 1. The van der Waals surface area contributed by atoms with Crippen LogP contribution in [0.25, 0.3) is 0 Å². The zero-order chi connectivity index (χ0) is 18.8. The first kappa shape index (κ1) is 17.2. The van der Waals surface area contributed by atoms with E-state index in [9.17, 15) is 4.79 Å². The number of benzene rings is 2. The molecule has 134 valence electrons. The molecule has 2 aromatic carbocycles. The van der Waals surface area contributed by atoms with E-state index in [2.05, 4.69) is 4.98 Å². The minimum atomic E-state index is -0.402. The molecule has 1 atom stereocenters. The van der Waals surface area contributed by atoms with Crippen LogP contribution in [-0.2, 0) is 4.79 Å². The van der Waals surface area contributed by atoms with Crippen molar-refractivity contribution in [3.63, 3.8) is 0 Å². The maximum atomic E-state index is 12.8. The Balaban J connectivity index is 1.58. The first-order valence-electron chi connectivity index (χ1n) is 8.56. The summed E-state index contributed by atoms with van der Waals surface area (Å²) in [5.74, 6) is 1.14. The standard InChI is InChI=1S/C21H17N3O2S/c1-15-20(25)24(16-8-4-2-5-9-16)21(27)23(15)17-12-13-19(22-14-17)26-18-10-6-3-7-11-18/h2-15H,1H3. The Labute approximate surface area is 162 Å². The Kier molecular flexibility index (Phi) is 4.56. The highest BCUT2D eigenvalue weighted by Crippen LogP contribution is 2.30. The molecule has 27 heavy (non-hydrogen) atoms. The molecule has 0 bridgehead atoms. The maximum absolute atomic E-state index is 12.8. The van der Waals surface area contributed by atoms with Gasteiger partial charge in [0.2, 0.25) is 5.88 Å². The van der Waals surface area contributed by atoms with Gasteiger partial charge in [-0.2, -0.15) is 0 Å². The van der Waals surface area contributed by atoms with Crippen molar-refractivity contribution in [2.75, 3.05) is 9.80 Å². The van der Waals surface area contributed by atoms with Crippen LogP contribution < -0.4 is 14.5 Å². The summed E-state index contributed by atoms with van der Waals surface area (Å²) in [5.41, 5.74) is 1.51. The fourth-order valence-corrected chi connectivity index (χ4v) is 3.46. The molecular formula is C21H17N3O2S. The van der Waals surface area contributed by atoms with Crippen molar-refractivity contribution in [2.24, 2.45) is 0 Å². The van der Waals surface area contributed by atoms with Gasteiger partial charge in [-0.1, -0.05) is 36.4 Å². The molecule has 1 unspecified atom stereocenters. The molecule has 1 saturated heterocycles. The lowest BCUT2D eigenvalue weighted by atomic mass is 10.2. The second kappa shape index (κ2) is 7.17. The Morgan fingerprint density at radius 2 is 1.59 bits per heavy atom. The van der Waals surface area contributed by atoms with E-state index in [-0.39, 0.29) is 5.91 Å². The number of ether oxygens (including phenoxy) is 1. The van der Waals surface area contributed by atoms with Gasteiger partial charge in [-0.15, -0.1) is 0 Å². The molecule has 0 saturated carbocycles. The smallest absolute Gasteiger partial charge is 0.256 e. The average Bonchev–Trinajstić information content (AvgIpc) is 2.93. The minimum Gasteiger partial charge on any atom is -0.439 e. The van der Waals surface area contributed by atoms with Gasteiger partial charge in [0.05, 0.1) is 17.6 Å². The second-order valence-corrected chi connectivity index (χ2v) is 6.47. The molecular weight excluding hydrogens is 358 g/mol. The van der Waals surface area contributed by atoms with Gasteiger partial charge < -0.3 is 9.64 Å². The van der Waals surface area contributed by atoms with Gasteiger partial charge in [0, 0.05) is 6.07 Å². The van der Waals surface area contributed by atoms with E-state index in [1.54, 1.807) is 17.2 Å². The van der Waals surface area contributed by atoms with Crippen LogP contribution in [0.2, 0.25) is 0 Å². The SMILES string of the molecule is CC1C(=O)N(c2ccccc2)C(=S)N1c1ccc(Oc2ccccc2)nc1. The normalized spacial score (nSPS) is 16.7. The molecule has 1 fully saturated rings. The van der Waals surface area contributed by atoms with Gasteiger partial charge in [-0.3, -0.25) is 9.69 Å². The van der Waals surface area contributed by atoms with Crippen molar-refractivity contribution in [1.82, 2.24) is 4.98 Å². The van der Waals surface area contributed by atoms with Crippen LogP contribution in [0, 0.1) is 0 Å². The van der Waals surface area contributed by atoms with Gasteiger partial charge in [-0.05, 0) is 49.5 Å². The van der Waals surface area contributed by atoms with Crippen molar-refractivity contribution >= 4 is 34.6 Å². The summed E-state index contributed by atoms with van der Waals surface area (Å²) in [5, 5.41) is 0.442. The molecule has 0 N–H and O–H groups in total. The molecule has 1 aliphatic heterocycles. The molecule has 6 heteroatoms. The molecule has 1 aromatic heterocycles. The van der Waals surface area contributed by atoms with Gasteiger partial charge in [0.1, 0.15) is 11.8 Å². The molecule has 0 aliphatic carbocycles. The summed E-state index contributed by atoms with van der Waals surface area (Å²) in [4.78, 5) is 20.5. The number of anilines is 2. The molecule has 1 aliphatic rings. The zero-order valence-corrected chi connectivity index (χ0v) is 15.5. The van der Waals surface area contributed by atoms with Crippen LogP contribution in [-0.4, -0.2) is 22.0 Å². The number of para-hydroxylation sites is 2. The predicted octanol–water partition coefficient (Wildman–Crippen LogP) is 4.40. The summed E-state index contributed by atoms with van der Waals surface area (Å²) < 4.78 is 5.72. The Morgan fingerprint density at radius 3 is 2.22 bits per heavy atom. The van der Waals surface area contributed by atoms with Crippen LogP contribution in [0.1, 0.15) is 6.92 Å². The summed E-state index contributed by atoms with van der Waals surface area (Å²) in [7, 11) is 0. The average molecular weight is 375 g/mol. The fourth-order valence-electron chi connectivity index (χ4n) is 3.00. The van der Waals surface area contributed by atoms with Crippen molar-refractivity contribution < 1.29 is 9.53 Å². The first-order valence-corrected chi connectivity index (χ1v) is 8.97. The summed E-state index contributed by atoms with van der Waals surface area (Å²) >= 11 is 5.59. The van der Waals surface area contributed by atoms with Gasteiger partial charge in [-0.25, -0.2) is 4.98 Å². The lowest BCUT2D eigenvalue weighted by Gasteiger charge is -2.22. The van der Waals surface area contributed by atoms with Gasteiger partial charge in [0.25, 0.3) is 5.91 Å². The number of nitrogens with zero attached hydrogens (tertiary/aromatic N) is 3. The zero-order valence-electron chi connectivity index (χ0n) is 14.6. The summed E-state index contributed by atoms with van der Waals surface area (Å²) in [6.07, 6.45) is 1.67. The quantitative estimate of drug-likeness (QED) is 0.633. The topological polar surface area (TPSA) is 45.7 Å². The van der Waals surface area contributed by atoms with E-state index < -0.39 is 6.04 Å². The lowest BCUT2D eigenvalue weighted by Crippen LogP contribution is -2.33. The lowest BCUT2D eigenvalue weighted by molar-refractivity contribution is -0.117. The number of hydrogen-bond donors (Lipinski definition) is 0. The van der Waals surface area contributed by atoms with Gasteiger partial charge >= 0.3 is 0 Å². The van der Waals surface area contributed by atoms with Crippen molar-refractivity contribution in [3.05, 3.63) is 79.0 Å². The maximum Gasteiger partial charge on any atom is 0.256 e. The fraction of sp³-hybridized carbons (Fsp3) is 0.0952. The predicted molar refractivity (Wildman–Crippen MR) is 109 cm³/mol. The van der Waals surface area contributed by atoms with Crippen LogP contribution in [0.4, 0.5) is 11.4 Å². The highest BCUT2D eigenvalue weighted by molar-refractivity contribution is 7.81. The van der Waals surface area contributed by atoms with E-state index in [1.165, 1.54) is 0 Å². The van der Waals surface area contributed by atoms with E-state index in [1.807, 2.05) is 78.6 Å². The van der Waals surface area contributed by atoms with Crippen molar-refractivity contribution in [2.45, 2.75) is 13.0 Å². The Hall–Kier alpha value is -3.25. The molecule has 5 nitrogen and oxygen atoms in total. The van der Waals surface area contributed by atoms with Crippen LogP contribution in [0.3, 0.4) is 0 Å². The Morgan fingerprint density at radius 1 is 0.926 bits per heavy atom. The van der Waals surface area contributed by atoms with Gasteiger partial charge in [0.15, 0.2) is 5.11 Å². The largest absolute Gasteiger partial charge is 0.439 e. The minimum absolute atomic E-state index is 0.0594. The number of pyridine rings is 1. The molecule has 0 radical (unpaired) electrons. The van der Waals surface area contributed by atoms with Crippen LogP contribution in [0.5, 0.6) is 11.6 Å². The van der Waals surface area contributed by atoms with Crippen molar-refractivity contribution in [3.8, 4) is 11.6 Å². The molecule has 1 amide bonds. The monoisotopic (exact) mass is 375 g/mol. The second-order valence-electron chi connectivity index (χ2n) is 6.11. The summed E-state index contributed by atoms with van der Waals surface area (Å²) in [6, 6.07) is 22.1. The van der Waals surface area contributed by atoms with E-state index >= 15 is 0 Å². The molecule has 2 heterocycles. The van der Waals surface area contributed by atoms with E-state index in [0.717, 1.165) is 11.4 Å². The van der Waals surface area contributed by atoms with E-state index in [0.29, 0.717) is 16.7 Å². The number of aromatic nitrogens is 1. The number of carbonyl (C=O) groups excluding carboxylic acids is 1. The number of carbonyl (C=O) groups is 1. The van der Waals surface area contributed by atoms with Crippen LogP contribution in [0.15, 0.2) is 79.0 Å². The number of rotatable bonds is 4. The third-order valence-electron chi connectivity index (χ3n) is 4.34. The Bertz CT molecular complexity index is 962. The third kappa shape index (κ3) is 3.27. The van der Waals surface area contributed by atoms with Crippen molar-refractivity contribution in [1.29, 1.82) is 0 Å². The highest BCUT2D eigenvalue weighted by Gasteiger charge is 2.41. The van der Waals surface area contributed by atoms with E-state index in [4.69, 9.17) is 17.0 Å². The highest BCUT2D eigenvalue weighted by atomic mass is 32.1.